The van der Waals surface area contributed by atoms with Gasteiger partial charge in [-0.15, -0.1) is 0 Å². The summed E-state index contributed by atoms with van der Waals surface area (Å²) in [6, 6.07) is 14.7. The fourth-order valence-electron chi connectivity index (χ4n) is 3.03. The predicted molar refractivity (Wildman–Crippen MR) is 110 cm³/mol. The molecule has 3 aromatic rings. The third-order valence-corrected chi connectivity index (χ3v) is 4.73. The summed E-state index contributed by atoms with van der Waals surface area (Å²) in [6.45, 7) is 2.26. The Morgan fingerprint density at radius 3 is 2.60 bits per heavy atom. The Hall–Kier alpha value is -3.32. The topological polar surface area (TPSA) is 91.0 Å². The van der Waals surface area contributed by atoms with Crippen molar-refractivity contribution in [2.24, 2.45) is 0 Å². The maximum Gasteiger partial charge on any atom is 0.335 e. The van der Waals surface area contributed by atoms with Crippen LogP contribution in [-0.2, 0) is 27.1 Å². The van der Waals surface area contributed by atoms with Gasteiger partial charge in [0.25, 0.3) is 0 Å². The van der Waals surface area contributed by atoms with Gasteiger partial charge in [-0.2, -0.15) is 0 Å². The van der Waals surface area contributed by atoms with Crippen LogP contribution in [0.15, 0.2) is 52.9 Å². The van der Waals surface area contributed by atoms with Crippen LogP contribution in [0.3, 0.4) is 0 Å². The lowest BCUT2D eigenvalue weighted by Gasteiger charge is -2.14. The average Bonchev–Trinajstić information content (AvgIpc) is 3.14. The summed E-state index contributed by atoms with van der Waals surface area (Å²) in [5, 5.41) is 10.3. The van der Waals surface area contributed by atoms with Gasteiger partial charge >= 0.3 is 5.97 Å². The van der Waals surface area contributed by atoms with Crippen LogP contribution in [0, 0.1) is 6.92 Å². The Morgan fingerprint density at radius 2 is 1.93 bits per heavy atom. The maximum absolute atomic E-state index is 11.7. The SMILES string of the molecule is COC(=O)[C@H](Cc1ccc(OCCc2nc(-c3ccccc3)oc2C)cc1O)OC. The first kappa shape index (κ1) is 21.4. The number of methoxy groups -OCH3 is 2. The molecule has 1 heterocycles. The molecule has 0 saturated heterocycles. The zero-order valence-corrected chi connectivity index (χ0v) is 17.3. The fraction of sp³-hybridized carbons (Fsp3) is 0.304. The van der Waals surface area contributed by atoms with E-state index in [1.165, 1.54) is 20.3 Å². The van der Waals surface area contributed by atoms with Crippen LogP contribution in [0.1, 0.15) is 17.0 Å². The molecular weight excluding hydrogens is 386 g/mol. The third-order valence-electron chi connectivity index (χ3n) is 4.73. The van der Waals surface area contributed by atoms with Crippen molar-refractivity contribution in [3.8, 4) is 23.0 Å². The molecule has 1 aromatic heterocycles. The molecule has 1 atom stereocenters. The molecule has 0 aliphatic heterocycles. The van der Waals surface area contributed by atoms with Gasteiger partial charge in [-0.05, 0) is 30.7 Å². The number of aromatic nitrogens is 1. The molecule has 0 saturated carbocycles. The minimum Gasteiger partial charge on any atom is -0.508 e. The van der Waals surface area contributed by atoms with Gasteiger partial charge in [-0.1, -0.05) is 24.3 Å². The normalized spacial score (nSPS) is 11.8. The van der Waals surface area contributed by atoms with E-state index in [0.29, 0.717) is 30.2 Å². The van der Waals surface area contributed by atoms with Crippen molar-refractivity contribution in [2.45, 2.75) is 25.9 Å². The quantitative estimate of drug-likeness (QED) is 0.537. The van der Waals surface area contributed by atoms with Gasteiger partial charge in [0.15, 0.2) is 6.10 Å². The minimum atomic E-state index is -0.776. The van der Waals surface area contributed by atoms with E-state index >= 15 is 0 Å². The Balaban J connectivity index is 1.58. The number of benzene rings is 2. The van der Waals surface area contributed by atoms with Crippen LogP contribution < -0.4 is 4.74 Å². The first-order valence-corrected chi connectivity index (χ1v) is 9.59. The monoisotopic (exact) mass is 411 g/mol. The van der Waals surface area contributed by atoms with Crippen molar-refractivity contribution >= 4 is 5.97 Å². The number of rotatable bonds is 9. The molecule has 30 heavy (non-hydrogen) atoms. The van der Waals surface area contributed by atoms with E-state index in [1.54, 1.807) is 12.1 Å². The number of hydrogen-bond acceptors (Lipinski definition) is 7. The highest BCUT2D eigenvalue weighted by Crippen LogP contribution is 2.26. The second-order valence-electron chi connectivity index (χ2n) is 6.73. The second-order valence-corrected chi connectivity index (χ2v) is 6.73. The number of phenols is 1. The summed E-state index contributed by atoms with van der Waals surface area (Å²) in [5.74, 6) is 1.40. The Labute approximate surface area is 175 Å². The molecule has 3 rings (SSSR count). The van der Waals surface area contributed by atoms with Crippen LogP contribution in [-0.4, -0.2) is 43.0 Å². The Morgan fingerprint density at radius 1 is 1.17 bits per heavy atom. The number of carbonyl (C=O) groups excluding carboxylic acids is 1. The highest BCUT2D eigenvalue weighted by atomic mass is 16.6. The molecule has 0 amide bonds. The van der Waals surface area contributed by atoms with Crippen LogP contribution in [0.5, 0.6) is 11.5 Å². The van der Waals surface area contributed by atoms with Crippen molar-refractivity contribution in [2.75, 3.05) is 20.8 Å². The molecule has 0 aliphatic rings. The number of aryl methyl sites for hydroxylation is 1. The summed E-state index contributed by atoms with van der Waals surface area (Å²) < 4.78 is 21.3. The molecule has 0 spiro atoms. The Bertz CT molecular complexity index is 983. The number of carbonyl (C=O) groups is 1. The third kappa shape index (κ3) is 5.18. The van der Waals surface area contributed by atoms with Gasteiger partial charge in [0.1, 0.15) is 17.3 Å². The van der Waals surface area contributed by atoms with Gasteiger partial charge in [-0.3, -0.25) is 0 Å². The number of phenolic OH excluding ortho intramolecular Hbond substituents is 1. The first-order valence-electron chi connectivity index (χ1n) is 9.59. The van der Waals surface area contributed by atoms with Gasteiger partial charge in [0.2, 0.25) is 5.89 Å². The van der Waals surface area contributed by atoms with Gasteiger partial charge in [-0.25, -0.2) is 9.78 Å². The lowest BCUT2D eigenvalue weighted by atomic mass is 10.1. The molecule has 1 N–H and O–H groups in total. The predicted octanol–water partition coefficient (Wildman–Crippen LogP) is 3.71. The Kier molecular flexibility index (Phi) is 7.08. The number of aromatic hydroxyl groups is 1. The van der Waals surface area contributed by atoms with E-state index in [2.05, 4.69) is 9.72 Å². The molecule has 2 aromatic carbocycles. The molecule has 0 fully saturated rings. The van der Waals surface area contributed by atoms with Crippen LogP contribution >= 0.6 is 0 Å². The van der Waals surface area contributed by atoms with E-state index < -0.39 is 12.1 Å². The van der Waals surface area contributed by atoms with Gasteiger partial charge in [0.05, 0.1) is 19.4 Å². The molecule has 158 valence electrons. The molecular formula is C23H25NO6. The molecule has 0 aliphatic carbocycles. The number of hydrogen-bond donors (Lipinski definition) is 1. The number of ether oxygens (including phenoxy) is 3. The number of esters is 1. The van der Waals surface area contributed by atoms with E-state index in [0.717, 1.165) is 17.0 Å². The van der Waals surface area contributed by atoms with Crippen molar-refractivity contribution in [3.63, 3.8) is 0 Å². The second kappa shape index (κ2) is 9.93. The highest BCUT2D eigenvalue weighted by molar-refractivity contribution is 5.75. The highest BCUT2D eigenvalue weighted by Gasteiger charge is 2.20. The van der Waals surface area contributed by atoms with Crippen molar-refractivity contribution in [1.29, 1.82) is 0 Å². The lowest BCUT2D eigenvalue weighted by molar-refractivity contribution is -0.152. The van der Waals surface area contributed by atoms with Gasteiger partial charge < -0.3 is 23.7 Å². The van der Waals surface area contributed by atoms with Gasteiger partial charge in [0, 0.05) is 31.6 Å². The summed E-state index contributed by atoms with van der Waals surface area (Å²) in [5.41, 5.74) is 2.32. The van der Waals surface area contributed by atoms with E-state index in [1.807, 2.05) is 37.3 Å². The summed E-state index contributed by atoms with van der Waals surface area (Å²) in [7, 11) is 2.72. The summed E-state index contributed by atoms with van der Waals surface area (Å²) in [6.07, 6.45) is -0.00400. The summed E-state index contributed by atoms with van der Waals surface area (Å²) in [4.78, 5) is 16.2. The molecule has 0 bridgehead atoms. The fourth-order valence-corrected chi connectivity index (χ4v) is 3.03. The molecule has 0 radical (unpaired) electrons. The smallest absolute Gasteiger partial charge is 0.335 e. The first-order chi connectivity index (χ1) is 14.5. The van der Waals surface area contributed by atoms with Crippen molar-refractivity contribution in [3.05, 3.63) is 65.5 Å². The number of nitrogens with zero attached hydrogens (tertiary/aromatic N) is 1. The maximum atomic E-state index is 11.7. The van der Waals surface area contributed by atoms with Crippen molar-refractivity contribution in [1.82, 2.24) is 4.98 Å². The molecule has 0 unspecified atom stereocenters. The van der Waals surface area contributed by atoms with E-state index in [4.69, 9.17) is 13.9 Å². The lowest BCUT2D eigenvalue weighted by Crippen LogP contribution is -2.26. The summed E-state index contributed by atoms with van der Waals surface area (Å²) >= 11 is 0. The van der Waals surface area contributed by atoms with Crippen LogP contribution in [0.2, 0.25) is 0 Å². The van der Waals surface area contributed by atoms with Crippen LogP contribution in [0.4, 0.5) is 0 Å². The zero-order valence-electron chi connectivity index (χ0n) is 17.3. The van der Waals surface area contributed by atoms with Crippen LogP contribution in [0.25, 0.3) is 11.5 Å². The zero-order chi connectivity index (χ0) is 21.5. The molecule has 7 heteroatoms. The molecule has 7 nitrogen and oxygen atoms in total. The number of oxazole rings is 1. The van der Waals surface area contributed by atoms with Crippen molar-refractivity contribution < 1.29 is 28.5 Å². The average molecular weight is 411 g/mol. The van der Waals surface area contributed by atoms with E-state index in [-0.39, 0.29) is 12.2 Å². The standard InChI is InChI=1S/C23H25NO6/c1-15-19(24-22(30-15)16-7-5-4-6-8-16)11-12-29-18-10-9-17(20(25)14-18)13-21(27-2)23(26)28-3/h4-10,14,21,25H,11-13H2,1-3H3/t21-/m0/s1. The minimum absolute atomic E-state index is 0.0300. The largest absolute Gasteiger partial charge is 0.508 e. The van der Waals surface area contributed by atoms with E-state index in [9.17, 15) is 9.90 Å².